The first-order chi connectivity index (χ1) is 8.45. The van der Waals surface area contributed by atoms with Crippen molar-refractivity contribution in [3.05, 3.63) is 34.9 Å². The van der Waals surface area contributed by atoms with E-state index >= 15 is 0 Å². The fraction of sp³-hybridized carbons (Fsp3) is 0.333. The summed E-state index contributed by atoms with van der Waals surface area (Å²) in [5.74, 6) is -2.22. The molecule has 0 radical (unpaired) electrons. The number of hydrogen-bond donors (Lipinski definition) is 4. The Labute approximate surface area is 104 Å². The second kappa shape index (κ2) is 8.21. The van der Waals surface area contributed by atoms with Crippen LogP contribution in [0.4, 0.5) is 0 Å². The van der Waals surface area contributed by atoms with Crippen molar-refractivity contribution < 1.29 is 30.0 Å². The van der Waals surface area contributed by atoms with E-state index in [2.05, 4.69) is 0 Å². The summed E-state index contributed by atoms with van der Waals surface area (Å²) in [6, 6.07) is 4.17. The van der Waals surface area contributed by atoms with Gasteiger partial charge in [0.2, 0.25) is 0 Å². The van der Waals surface area contributed by atoms with Gasteiger partial charge in [-0.05, 0) is 31.0 Å². The van der Waals surface area contributed by atoms with Crippen LogP contribution in [0.1, 0.15) is 32.7 Å². The Morgan fingerprint density at radius 3 is 1.61 bits per heavy atom. The SMILES string of the molecule is Cc1c(C(=O)O)cccc1C(=O)O.OCCCO. The van der Waals surface area contributed by atoms with Crippen LogP contribution in [-0.4, -0.2) is 45.6 Å². The molecule has 0 heterocycles. The van der Waals surface area contributed by atoms with Crippen molar-refractivity contribution in [2.75, 3.05) is 13.2 Å². The number of hydrogen-bond acceptors (Lipinski definition) is 4. The highest BCUT2D eigenvalue weighted by Crippen LogP contribution is 2.13. The van der Waals surface area contributed by atoms with Gasteiger partial charge >= 0.3 is 11.9 Å². The number of carboxylic acid groups (broad SMARTS) is 2. The van der Waals surface area contributed by atoms with E-state index in [0.29, 0.717) is 6.42 Å². The van der Waals surface area contributed by atoms with Crippen LogP contribution in [0.15, 0.2) is 18.2 Å². The summed E-state index contributed by atoms with van der Waals surface area (Å²) in [6.07, 6.45) is 0.500. The van der Waals surface area contributed by atoms with Gasteiger partial charge in [-0.25, -0.2) is 9.59 Å². The molecule has 0 atom stereocenters. The highest BCUT2D eigenvalue weighted by molar-refractivity contribution is 5.96. The second-order valence-corrected chi connectivity index (χ2v) is 3.39. The van der Waals surface area contributed by atoms with Crippen molar-refractivity contribution in [2.24, 2.45) is 0 Å². The van der Waals surface area contributed by atoms with Crippen molar-refractivity contribution in [3.63, 3.8) is 0 Å². The van der Waals surface area contributed by atoms with Crippen molar-refractivity contribution in [1.29, 1.82) is 0 Å². The average Bonchev–Trinajstić information content (AvgIpc) is 2.30. The first-order valence-electron chi connectivity index (χ1n) is 5.23. The molecule has 6 nitrogen and oxygen atoms in total. The van der Waals surface area contributed by atoms with E-state index in [1.807, 2.05) is 0 Å². The number of carbonyl (C=O) groups is 2. The molecule has 1 aromatic rings. The van der Waals surface area contributed by atoms with Crippen LogP contribution >= 0.6 is 0 Å². The third kappa shape index (κ3) is 4.94. The van der Waals surface area contributed by atoms with Crippen LogP contribution < -0.4 is 0 Å². The minimum atomic E-state index is -1.11. The van der Waals surface area contributed by atoms with Gasteiger partial charge in [0, 0.05) is 13.2 Å². The molecule has 0 aliphatic heterocycles. The standard InChI is InChI=1S/C9H8O4.C3H8O2/c1-5-6(8(10)11)3-2-4-7(5)9(12)13;4-2-1-3-5/h2-4H,1H3,(H,10,11)(H,12,13);4-5H,1-3H2. The van der Waals surface area contributed by atoms with Gasteiger partial charge in [-0.1, -0.05) is 6.07 Å². The highest BCUT2D eigenvalue weighted by Gasteiger charge is 2.13. The van der Waals surface area contributed by atoms with Gasteiger partial charge in [-0.2, -0.15) is 0 Å². The van der Waals surface area contributed by atoms with E-state index in [-0.39, 0.29) is 29.9 Å². The smallest absolute Gasteiger partial charge is 0.335 e. The van der Waals surface area contributed by atoms with E-state index in [1.165, 1.54) is 25.1 Å². The van der Waals surface area contributed by atoms with Gasteiger partial charge in [-0.15, -0.1) is 0 Å². The number of benzene rings is 1. The zero-order chi connectivity index (χ0) is 14.1. The fourth-order valence-electron chi connectivity index (χ4n) is 1.17. The molecule has 0 fully saturated rings. The highest BCUT2D eigenvalue weighted by atomic mass is 16.4. The predicted molar refractivity (Wildman–Crippen MR) is 63.9 cm³/mol. The third-order valence-corrected chi connectivity index (χ3v) is 2.11. The van der Waals surface area contributed by atoms with Gasteiger partial charge in [-0.3, -0.25) is 0 Å². The Balaban J connectivity index is 0.000000494. The average molecular weight is 256 g/mol. The van der Waals surface area contributed by atoms with Crippen molar-refractivity contribution >= 4 is 11.9 Å². The van der Waals surface area contributed by atoms with Gasteiger partial charge in [0.15, 0.2) is 0 Å². The Hall–Kier alpha value is -1.92. The zero-order valence-corrected chi connectivity index (χ0v) is 9.96. The van der Waals surface area contributed by atoms with Gasteiger partial charge in [0.05, 0.1) is 11.1 Å². The molecule has 100 valence electrons. The Kier molecular flexibility index (Phi) is 7.34. The molecule has 0 bridgehead atoms. The number of carboxylic acids is 2. The number of aliphatic hydroxyl groups excluding tert-OH is 2. The molecule has 0 aliphatic rings. The first-order valence-corrected chi connectivity index (χ1v) is 5.23. The summed E-state index contributed by atoms with van der Waals surface area (Å²) >= 11 is 0. The van der Waals surface area contributed by atoms with E-state index in [4.69, 9.17) is 20.4 Å². The number of aromatic carboxylic acids is 2. The predicted octanol–water partition coefficient (Wildman–Crippen LogP) is 0.753. The van der Waals surface area contributed by atoms with Gasteiger partial charge in [0.25, 0.3) is 0 Å². The molecule has 6 heteroatoms. The zero-order valence-electron chi connectivity index (χ0n) is 9.96. The van der Waals surface area contributed by atoms with E-state index in [9.17, 15) is 9.59 Å². The summed E-state index contributed by atoms with van der Waals surface area (Å²) in [4.78, 5) is 21.2. The molecular weight excluding hydrogens is 240 g/mol. The lowest BCUT2D eigenvalue weighted by Crippen LogP contribution is -2.06. The molecule has 0 aliphatic carbocycles. The van der Waals surface area contributed by atoms with E-state index < -0.39 is 11.9 Å². The minimum absolute atomic E-state index is 0.0277. The third-order valence-electron chi connectivity index (χ3n) is 2.11. The molecule has 18 heavy (non-hydrogen) atoms. The van der Waals surface area contributed by atoms with E-state index in [0.717, 1.165) is 0 Å². The molecule has 0 unspecified atom stereocenters. The lowest BCUT2D eigenvalue weighted by atomic mass is 10.0. The first kappa shape index (κ1) is 16.1. The minimum Gasteiger partial charge on any atom is -0.478 e. The summed E-state index contributed by atoms with van der Waals surface area (Å²) < 4.78 is 0. The summed E-state index contributed by atoms with van der Waals surface area (Å²) in [6.45, 7) is 1.67. The lowest BCUT2D eigenvalue weighted by molar-refractivity contribution is 0.0696. The largest absolute Gasteiger partial charge is 0.478 e. The van der Waals surface area contributed by atoms with E-state index in [1.54, 1.807) is 0 Å². The van der Waals surface area contributed by atoms with Crippen LogP contribution in [-0.2, 0) is 0 Å². The summed E-state index contributed by atoms with van der Waals surface area (Å²) in [5.41, 5.74) is 0.335. The van der Waals surface area contributed by atoms with Crippen molar-refractivity contribution in [1.82, 2.24) is 0 Å². The lowest BCUT2D eigenvalue weighted by Gasteiger charge is -2.03. The molecule has 1 aromatic carbocycles. The Morgan fingerprint density at radius 2 is 1.39 bits per heavy atom. The molecule has 4 N–H and O–H groups in total. The monoisotopic (exact) mass is 256 g/mol. The fourth-order valence-corrected chi connectivity index (χ4v) is 1.17. The topological polar surface area (TPSA) is 115 Å². The maximum Gasteiger partial charge on any atom is 0.335 e. The quantitative estimate of drug-likeness (QED) is 0.632. The van der Waals surface area contributed by atoms with Crippen LogP contribution in [0.3, 0.4) is 0 Å². The van der Waals surface area contributed by atoms with Crippen LogP contribution in [0.5, 0.6) is 0 Å². The van der Waals surface area contributed by atoms with Crippen LogP contribution in [0.25, 0.3) is 0 Å². The van der Waals surface area contributed by atoms with Crippen molar-refractivity contribution in [2.45, 2.75) is 13.3 Å². The number of aliphatic hydroxyl groups is 2. The Morgan fingerprint density at radius 1 is 1.00 bits per heavy atom. The van der Waals surface area contributed by atoms with Crippen LogP contribution in [0.2, 0.25) is 0 Å². The second-order valence-electron chi connectivity index (χ2n) is 3.39. The molecule has 1 rings (SSSR count). The molecule has 0 spiro atoms. The van der Waals surface area contributed by atoms with Gasteiger partial charge < -0.3 is 20.4 Å². The van der Waals surface area contributed by atoms with Crippen molar-refractivity contribution in [3.8, 4) is 0 Å². The molecule has 0 amide bonds. The molecule has 0 saturated heterocycles. The maximum atomic E-state index is 10.6. The number of rotatable bonds is 4. The molecule has 0 aromatic heterocycles. The molecular formula is C12H16O6. The molecule has 0 saturated carbocycles. The van der Waals surface area contributed by atoms with Gasteiger partial charge in [0.1, 0.15) is 0 Å². The van der Waals surface area contributed by atoms with Crippen LogP contribution in [0, 0.1) is 6.92 Å². The maximum absolute atomic E-state index is 10.6. The Bertz CT molecular complexity index is 379. The normalized spacial score (nSPS) is 9.28. The summed E-state index contributed by atoms with van der Waals surface area (Å²) in [5, 5.41) is 33.2. The summed E-state index contributed by atoms with van der Waals surface area (Å²) in [7, 11) is 0.